The Labute approximate surface area is 165 Å². The monoisotopic (exact) mass is 446 g/mol. The van der Waals surface area contributed by atoms with E-state index in [0.29, 0.717) is 11.4 Å². The maximum atomic E-state index is 12.6. The van der Waals surface area contributed by atoms with Crippen LogP contribution in [0.3, 0.4) is 0 Å². The molecular weight excluding hydrogens is 432 g/mol. The van der Waals surface area contributed by atoms with E-state index in [4.69, 9.17) is 4.74 Å². The van der Waals surface area contributed by atoms with Gasteiger partial charge in [-0.05, 0) is 48.5 Å². The standard InChI is InChI=1S/C19H15BrN2O4S/c1-26-16-4-2-3-15(11-16)22-19(23)13-5-10-18(21-12-13)27(24,25)17-8-6-14(20)7-9-17/h2-12H,1H3,(H,22,23). The van der Waals surface area contributed by atoms with Gasteiger partial charge in [0.25, 0.3) is 5.91 Å². The van der Waals surface area contributed by atoms with Crippen molar-refractivity contribution in [3.05, 3.63) is 76.9 Å². The smallest absolute Gasteiger partial charge is 0.257 e. The molecule has 1 heterocycles. The van der Waals surface area contributed by atoms with Crippen molar-refractivity contribution in [3.63, 3.8) is 0 Å². The zero-order valence-corrected chi connectivity index (χ0v) is 16.6. The number of aromatic nitrogens is 1. The molecule has 0 aliphatic heterocycles. The van der Waals surface area contributed by atoms with E-state index >= 15 is 0 Å². The van der Waals surface area contributed by atoms with Crippen LogP contribution in [0.25, 0.3) is 0 Å². The Bertz CT molecular complexity index is 1070. The van der Waals surface area contributed by atoms with Gasteiger partial charge in [0.05, 0.1) is 17.6 Å². The Morgan fingerprint density at radius 2 is 1.81 bits per heavy atom. The Kier molecular flexibility index (Phi) is 5.57. The van der Waals surface area contributed by atoms with Crippen LogP contribution < -0.4 is 10.1 Å². The first-order valence-electron chi connectivity index (χ1n) is 7.82. The van der Waals surface area contributed by atoms with Crippen LogP contribution in [0.2, 0.25) is 0 Å². The molecule has 3 aromatic rings. The number of pyridine rings is 1. The molecule has 0 saturated carbocycles. The van der Waals surface area contributed by atoms with E-state index in [0.717, 1.165) is 4.47 Å². The van der Waals surface area contributed by atoms with E-state index in [1.165, 1.54) is 37.6 Å². The van der Waals surface area contributed by atoms with Crippen molar-refractivity contribution in [1.29, 1.82) is 0 Å². The molecular formula is C19H15BrN2O4S. The van der Waals surface area contributed by atoms with Gasteiger partial charge in [-0.15, -0.1) is 0 Å². The molecule has 0 bridgehead atoms. The zero-order valence-electron chi connectivity index (χ0n) is 14.2. The number of carbonyl (C=O) groups excluding carboxylic acids is 1. The second-order valence-corrected chi connectivity index (χ2v) is 8.34. The van der Waals surface area contributed by atoms with Gasteiger partial charge in [-0.1, -0.05) is 22.0 Å². The minimum absolute atomic E-state index is 0.122. The molecule has 0 fully saturated rings. The lowest BCUT2D eigenvalue weighted by atomic mass is 10.2. The van der Waals surface area contributed by atoms with Crippen molar-refractivity contribution in [2.75, 3.05) is 12.4 Å². The van der Waals surface area contributed by atoms with Gasteiger partial charge in [0.1, 0.15) is 5.75 Å². The summed E-state index contributed by atoms with van der Waals surface area (Å²) in [6.07, 6.45) is 1.24. The summed E-state index contributed by atoms with van der Waals surface area (Å²) in [7, 11) is -2.21. The molecule has 6 nitrogen and oxygen atoms in total. The molecule has 27 heavy (non-hydrogen) atoms. The van der Waals surface area contributed by atoms with Gasteiger partial charge in [-0.2, -0.15) is 0 Å². The van der Waals surface area contributed by atoms with Crippen molar-refractivity contribution in [1.82, 2.24) is 4.98 Å². The normalized spacial score (nSPS) is 11.0. The van der Waals surface area contributed by atoms with Gasteiger partial charge in [-0.25, -0.2) is 13.4 Å². The number of nitrogens with one attached hydrogen (secondary N) is 1. The van der Waals surface area contributed by atoms with Crippen molar-refractivity contribution in [2.24, 2.45) is 0 Å². The second kappa shape index (κ2) is 7.89. The first kappa shape index (κ1) is 19.1. The van der Waals surface area contributed by atoms with Gasteiger partial charge in [0.15, 0.2) is 5.03 Å². The lowest BCUT2D eigenvalue weighted by Gasteiger charge is -2.08. The maximum absolute atomic E-state index is 12.6. The van der Waals surface area contributed by atoms with Crippen molar-refractivity contribution in [3.8, 4) is 5.75 Å². The minimum atomic E-state index is -3.75. The Hall–Kier alpha value is -2.71. The average Bonchev–Trinajstić information content (AvgIpc) is 2.68. The number of nitrogens with zero attached hydrogens (tertiary/aromatic N) is 1. The predicted octanol–water partition coefficient (Wildman–Crippen LogP) is 3.94. The number of anilines is 1. The SMILES string of the molecule is COc1cccc(NC(=O)c2ccc(S(=O)(=O)c3ccc(Br)cc3)nc2)c1. The fourth-order valence-electron chi connectivity index (χ4n) is 2.31. The fourth-order valence-corrected chi connectivity index (χ4v) is 3.75. The molecule has 2 aromatic carbocycles. The van der Waals surface area contributed by atoms with E-state index in [1.807, 2.05) is 0 Å². The van der Waals surface area contributed by atoms with Crippen LogP contribution in [0.4, 0.5) is 5.69 Å². The molecule has 0 aliphatic carbocycles. The van der Waals surface area contributed by atoms with Crippen molar-refractivity contribution >= 4 is 37.4 Å². The first-order chi connectivity index (χ1) is 12.9. The molecule has 1 N–H and O–H groups in total. The number of benzene rings is 2. The summed E-state index contributed by atoms with van der Waals surface area (Å²) in [6, 6.07) is 15.9. The topological polar surface area (TPSA) is 85.4 Å². The summed E-state index contributed by atoms with van der Waals surface area (Å²) >= 11 is 3.27. The number of hydrogen-bond donors (Lipinski definition) is 1. The number of methoxy groups -OCH3 is 1. The van der Waals surface area contributed by atoms with Crippen LogP contribution in [0, 0.1) is 0 Å². The van der Waals surface area contributed by atoms with Crippen LogP contribution in [0.15, 0.2) is 81.3 Å². The van der Waals surface area contributed by atoms with E-state index in [1.54, 1.807) is 36.4 Å². The summed E-state index contributed by atoms with van der Waals surface area (Å²) in [5.74, 6) is 0.213. The highest BCUT2D eigenvalue weighted by atomic mass is 79.9. The summed E-state index contributed by atoms with van der Waals surface area (Å²) < 4.78 is 31.1. The highest BCUT2D eigenvalue weighted by molar-refractivity contribution is 9.10. The third-order valence-corrected chi connectivity index (χ3v) is 5.94. The van der Waals surface area contributed by atoms with Crippen LogP contribution in [-0.2, 0) is 9.84 Å². The molecule has 138 valence electrons. The Morgan fingerprint density at radius 1 is 1.07 bits per heavy atom. The van der Waals surface area contributed by atoms with Gasteiger partial charge < -0.3 is 10.1 Å². The van der Waals surface area contributed by atoms with Crippen LogP contribution in [0.1, 0.15) is 10.4 Å². The van der Waals surface area contributed by atoms with E-state index in [-0.39, 0.29) is 15.5 Å². The molecule has 8 heteroatoms. The quantitative estimate of drug-likeness (QED) is 0.641. The third kappa shape index (κ3) is 4.35. The second-order valence-electron chi connectivity index (χ2n) is 5.53. The molecule has 1 amide bonds. The maximum Gasteiger partial charge on any atom is 0.257 e. The van der Waals surface area contributed by atoms with Gasteiger partial charge in [0, 0.05) is 22.4 Å². The Balaban J connectivity index is 1.80. The summed E-state index contributed by atoms with van der Waals surface area (Å²) in [6.45, 7) is 0. The van der Waals surface area contributed by atoms with Gasteiger partial charge in [0.2, 0.25) is 9.84 Å². The van der Waals surface area contributed by atoms with Crippen LogP contribution >= 0.6 is 15.9 Å². The van der Waals surface area contributed by atoms with E-state index in [9.17, 15) is 13.2 Å². The number of rotatable bonds is 5. The molecule has 0 atom stereocenters. The largest absolute Gasteiger partial charge is 0.497 e. The number of carbonyl (C=O) groups is 1. The molecule has 1 aromatic heterocycles. The summed E-state index contributed by atoms with van der Waals surface area (Å²) in [5.41, 5.74) is 0.804. The third-order valence-electron chi connectivity index (χ3n) is 3.73. The number of sulfone groups is 1. The highest BCUT2D eigenvalue weighted by Gasteiger charge is 2.19. The lowest BCUT2D eigenvalue weighted by molar-refractivity contribution is 0.102. The number of hydrogen-bond acceptors (Lipinski definition) is 5. The first-order valence-corrected chi connectivity index (χ1v) is 10.1. The van der Waals surface area contributed by atoms with Crippen LogP contribution in [-0.4, -0.2) is 26.4 Å². The van der Waals surface area contributed by atoms with Crippen molar-refractivity contribution in [2.45, 2.75) is 9.92 Å². The van der Waals surface area contributed by atoms with E-state index in [2.05, 4.69) is 26.2 Å². The van der Waals surface area contributed by atoms with Gasteiger partial charge in [-0.3, -0.25) is 4.79 Å². The fraction of sp³-hybridized carbons (Fsp3) is 0.0526. The number of amides is 1. The molecule has 0 radical (unpaired) electrons. The van der Waals surface area contributed by atoms with Crippen molar-refractivity contribution < 1.29 is 17.9 Å². The van der Waals surface area contributed by atoms with Gasteiger partial charge >= 0.3 is 0 Å². The molecule has 0 saturated heterocycles. The average molecular weight is 447 g/mol. The Morgan fingerprint density at radius 3 is 2.44 bits per heavy atom. The number of halogens is 1. The number of ether oxygens (including phenoxy) is 1. The van der Waals surface area contributed by atoms with Crippen LogP contribution in [0.5, 0.6) is 5.75 Å². The minimum Gasteiger partial charge on any atom is -0.497 e. The summed E-state index contributed by atoms with van der Waals surface area (Å²) in [5, 5.41) is 2.59. The molecule has 0 unspecified atom stereocenters. The molecule has 0 spiro atoms. The molecule has 0 aliphatic rings. The highest BCUT2D eigenvalue weighted by Crippen LogP contribution is 2.22. The zero-order chi connectivity index (χ0) is 19.4. The lowest BCUT2D eigenvalue weighted by Crippen LogP contribution is -2.13. The summed E-state index contributed by atoms with van der Waals surface area (Å²) in [4.78, 5) is 16.4. The van der Waals surface area contributed by atoms with E-state index < -0.39 is 15.7 Å². The predicted molar refractivity (Wildman–Crippen MR) is 105 cm³/mol. The molecule has 3 rings (SSSR count).